The van der Waals surface area contributed by atoms with Crippen LogP contribution in [0.5, 0.6) is 0 Å². The molecule has 1 aromatic rings. The van der Waals surface area contributed by atoms with Crippen LogP contribution in [0.4, 0.5) is 5.69 Å². The zero-order chi connectivity index (χ0) is 10.6. The molecule has 0 aromatic heterocycles. The summed E-state index contributed by atoms with van der Waals surface area (Å²) in [4.78, 5) is 11.1. The van der Waals surface area contributed by atoms with Crippen molar-refractivity contribution in [3.8, 4) is 12.3 Å². The molecule has 0 aliphatic rings. The molecule has 0 heterocycles. The first-order chi connectivity index (χ1) is 6.63. The summed E-state index contributed by atoms with van der Waals surface area (Å²) >= 11 is 9.04. The largest absolute Gasteiger partial charge is 0.325 e. The Bertz CT molecular complexity index is 398. The van der Waals surface area contributed by atoms with Gasteiger partial charge in [0.25, 0.3) is 0 Å². The number of nitrogens with one attached hydrogen (secondary N) is 1. The van der Waals surface area contributed by atoms with Gasteiger partial charge in [0, 0.05) is 10.2 Å². The molecule has 4 heteroatoms. The van der Waals surface area contributed by atoms with Crippen molar-refractivity contribution in [2.45, 2.75) is 6.42 Å². The average molecular weight is 273 g/mol. The third-order valence-corrected chi connectivity index (χ3v) is 2.68. The van der Waals surface area contributed by atoms with Gasteiger partial charge in [0.15, 0.2) is 0 Å². The van der Waals surface area contributed by atoms with Crippen LogP contribution >= 0.6 is 27.5 Å². The van der Waals surface area contributed by atoms with Crippen LogP contribution in [0.2, 0.25) is 5.02 Å². The van der Waals surface area contributed by atoms with E-state index in [2.05, 4.69) is 27.2 Å². The van der Waals surface area contributed by atoms with Gasteiger partial charge in [-0.1, -0.05) is 17.5 Å². The Balaban J connectivity index is 2.74. The van der Waals surface area contributed by atoms with E-state index in [4.69, 9.17) is 18.0 Å². The summed E-state index contributed by atoms with van der Waals surface area (Å²) in [5, 5.41) is 3.24. The number of terminal acetylenes is 1. The molecule has 0 fully saturated rings. The number of halogens is 2. The van der Waals surface area contributed by atoms with Crippen LogP contribution in [0.1, 0.15) is 6.42 Å². The molecule has 2 nitrogen and oxygen atoms in total. The minimum Gasteiger partial charge on any atom is -0.325 e. The lowest BCUT2D eigenvalue weighted by Crippen LogP contribution is -2.09. The molecule has 0 radical (unpaired) electrons. The van der Waals surface area contributed by atoms with E-state index in [-0.39, 0.29) is 12.3 Å². The summed E-state index contributed by atoms with van der Waals surface area (Å²) < 4.78 is 0.734. The Hall–Kier alpha value is -0.980. The predicted octanol–water partition coefficient (Wildman–Crippen LogP) is 3.06. The number of hydrogen-bond donors (Lipinski definition) is 1. The fraction of sp³-hybridized carbons (Fsp3) is 0.100. The first-order valence-electron chi connectivity index (χ1n) is 3.82. The van der Waals surface area contributed by atoms with Crippen LogP contribution in [0.15, 0.2) is 22.7 Å². The number of benzene rings is 1. The van der Waals surface area contributed by atoms with Gasteiger partial charge in [-0.15, -0.1) is 6.42 Å². The van der Waals surface area contributed by atoms with E-state index in [9.17, 15) is 4.79 Å². The highest BCUT2D eigenvalue weighted by Crippen LogP contribution is 2.25. The van der Waals surface area contributed by atoms with Gasteiger partial charge in [0.2, 0.25) is 5.91 Å². The van der Waals surface area contributed by atoms with Crippen molar-refractivity contribution in [2.75, 3.05) is 5.32 Å². The monoisotopic (exact) mass is 271 g/mol. The summed E-state index contributed by atoms with van der Waals surface area (Å²) in [7, 11) is 0. The fourth-order valence-corrected chi connectivity index (χ4v) is 1.37. The van der Waals surface area contributed by atoms with Crippen LogP contribution in [0.3, 0.4) is 0 Å². The molecule has 1 amide bonds. The van der Waals surface area contributed by atoms with Crippen molar-refractivity contribution in [1.82, 2.24) is 0 Å². The quantitative estimate of drug-likeness (QED) is 0.824. The summed E-state index contributed by atoms with van der Waals surface area (Å²) in [6.07, 6.45) is 5.07. The van der Waals surface area contributed by atoms with Crippen LogP contribution in [-0.2, 0) is 4.79 Å². The number of anilines is 1. The summed E-state index contributed by atoms with van der Waals surface area (Å²) in [5.41, 5.74) is 0.668. The van der Waals surface area contributed by atoms with Crippen molar-refractivity contribution in [3.63, 3.8) is 0 Å². The van der Waals surface area contributed by atoms with Gasteiger partial charge >= 0.3 is 0 Å². The lowest BCUT2D eigenvalue weighted by atomic mass is 10.3. The summed E-state index contributed by atoms with van der Waals surface area (Å²) in [6, 6.07) is 5.12. The first-order valence-corrected chi connectivity index (χ1v) is 4.99. The predicted molar refractivity (Wildman–Crippen MR) is 61.2 cm³/mol. The topological polar surface area (TPSA) is 29.1 Å². The third kappa shape index (κ3) is 3.06. The molecule has 0 atom stereocenters. The maximum Gasteiger partial charge on any atom is 0.236 e. The minimum absolute atomic E-state index is 0.0697. The van der Waals surface area contributed by atoms with Gasteiger partial charge in [-0.2, -0.15) is 0 Å². The Kier molecular flexibility index (Phi) is 3.99. The Labute approximate surface area is 95.8 Å². The van der Waals surface area contributed by atoms with Crippen molar-refractivity contribution in [1.29, 1.82) is 0 Å². The number of hydrogen-bond acceptors (Lipinski definition) is 1. The number of carbonyl (C=O) groups is 1. The zero-order valence-electron chi connectivity index (χ0n) is 7.18. The second-order valence-corrected chi connectivity index (χ2v) is 3.82. The number of carbonyl (C=O) groups excluding carboxylic acids is 1. The van der Waals surface area contributed by atoms with Gasteiger partial charge in [0.1, 0.15) is 0 Å². The van der Waals surface area contributed by atoms with Crippen molar-refractivity contribution in [3.05, 3.63) is 27.7 Å². The van der Waals surface area contributed by atoms with Crippen LogP contribution in [0.25, 0.3) is 0 Å². The van der Waals surface area contributed by atoms with Crippen molar-refractivity contribution < 1.29 is 4.79 Å². The second kappa shape index (κ2) is 5.04. The highest BCUT2D eigenvalue weighted by Gasteiger charge is 2.02. The average Bonchev–Trinajstić information content (AvgIpc) is 2.12. The summed E-state index contributed by atoms with van der Waals surface area (Å²) in [6.45, 7) is 0. The Morgan fingerprint density at radius 2 is 2.36 bits per heavy atom. The molecule has 0 aliphatic carbocycles. The van der Waals surface area contributed by atoms with Gasteiger partial charge in [0.05, 0.1) is 11.4 Å². The molecule has 1 N–H and O–H groups in total. The number of rotatable bonds is 2. The van der Waals surface area contributed by atoms with Gasteiger partial charge in [-0.25, -0.2) is 0 Å². The SMILES string of the molecule is C#CCC(=O)Nc1ccc(Cl)c(Br)c1. The first kappa shape index (κ1) is 11.1. The fourth-order valence-electron chi connectivity index (χ4n) is 0.872. The third-order valence-electron chi connectivity index (χ3n) is 1.47. The summed E-state index contributed by atoms with van der Waals surface area (Å²) in [5.74, 6) is 2.06. The van der Waals surface area contributed by atoms with E-state index in [1.807, 2.05) is 0 Å². The molecule has 0 saturated heterocycles. The van der Waals surface area contributed by atoms with E-state index in [0.29, 0.717) is 10.7 Å². The Morgan fingerprint density at radius 3 is 2.93 bits per heavy atom. The molecule has 0 spiro atoms. The molecule has 0 bridgehead atoms. The van der Waals surface area contributed by atoms with Crippen LogP contribution in [0, 0.1) is 12.3 Å². The van der Waals surface area contributed by atoms with Gasteiger partial charge in [-0.3, -0.25) is 4.79 Å². The van der Waals surface area contributed by atoms with E-state index in [1.54, 1.807) is 18.2 Å². The van der Waals surface area contributed by atoms with E-state index in [1.165, 1.54) is 0 Å². The molecule has 14 heavy (non-hydrogen) atoms. The second-order valence-electron chi connectivity index (χ2n) is 2.56. The zero-order valence-corrected chi connectivity index (χ0v) is 9.52. The molecular formula is C10H7BrClNO. The Morgan fingerprint density at radius 1 is 1.64 bits per heavy atom. The maximum absolute atomic E-state index is 11.1. The van der Waals surface area contributed by atoms with Crippen molar-refractivity contribution in [2.24, 2.45) is 0 Å². The molecule has 1 aromatic carbocycles. The molecule has 0 unspecified atom stereocenters. The van der Waals surface area contributed by atoms with Crippen LogP contribution in [-0.4, -0.2) is 5.91 Å². The highest BCUT2D eigenvalue weighted by atomic mass is 79.9. The molecule has 0 aliphatic heterocycles. The maximum atomic E-state index is 11.1. The molecule has 0 saturated carbocycles. The smallest absolute Gasteiger partial charge is 0.236 e. The van der Waals surface area contributed by atoms with Gasteiger partial charge < -0.3 is 5.32 Å². The molecule has 72 valence electrons. The lowest BCUT2D eigenvalue weighted by molar-refractivity contribution is -0.115. The molecular weight excluding hydrogens is 265 g/mol. The number of amides is 1. The van der Waals surface area contributed by atoms with Crippen LogP contribution < -0.4 is 5.32 Å². The normalized spacial score (nSPS) is 9.21. The van der Waals surface area contributed by atoms with Gasteiger partial charge in [-0.05, 0) is 34.1 Å². The van der Waals surface area contributed by atoms with E-state index in [0.717, 1.165) is 4.47 Å². The highest BCUT2D eigenvalue weighted by molar-refractivity contribution is 9.10. The minimum atomic E-state index is -0.207. The lowest BCUT2D eigenvalue weighted by Gasteiger charge is -2.04. The standard InChI is InChI=1S/C10H7BrClNO/c1-2-3-10(14)13-7-4-5-9(12)8(11)6-7/h1,4-6H,3H2,(H,13,14). The van der Waals surface area contributed by atoms with Crippen molar-refractivity contribution >= 4 is 39.1 Å². The molecule has 1 rings (SSSR count). The van der Waals surface area contributed by atoms with E-state index >= 15 is 0 Å². The van der Waals surface area contributed by atoms with E-state index < -0.39 is 0 Å².